The Balaban J connectivity index is 0.00000231. The molecule has 159 valence electrons. The van der Waals surface area contributed by atoms with E-state index in [0.717, 1.165) is 24.1 Å². The van der Waals surface area contributed by atoms with Gasteiger partial charge in [-0.1, -0.05) is 92.3 Å². The van der Waals surface area contributed by atoms with Crippen molar-refractivity contribution in [3.63, 3.8) is 0 Å². The summed E-state index contributed by atoms with van der Waals surface area (Å²) in [6, 6.07) is 27.8. The third kappa shape index (κ3) is 4.52. The van der Waals surface area contributed by atoms with E-state index < -0.39 is 0 Å². The molecule has 5 rings (SSSR count). The number of hydrogen-bond donors (Lipinski definition) is 0. The average Bonchev–Trinajstić information content (AvgIpc) is 2.80. The van der Waals surface area contributed by atoms with E-state index in [2.05, 4.69) is 79.7 Å². The Kier molecular flexibility index (Phi) is 7.00. The van der Waals surface area contributed by atoms with Gasteiger partial charge in [0.1, 0.15) is 0 Å². The van der Waals surface area contributed by atoms with Crippen LogP contribution in [0.25, 0.3) is 33.3 Å². The number of hydrogen-bond acceptors (Lipinski definition) is 1. The molecule has 0 unspecified atom stereocenters. The summed E-state index contributed by atoms with van der Waals surface area (Å²) in [4.78, 5) is 5.02. The maximum atomic E-state index is 5.02. The van der Waals surface area contributed by atoms with Crippen molar-refractivity contribution in [2.75, 3.05) is 0 Å². The number of aryl methyl sites for hydroxylation is 2. The van der Waals surface area contributed by atoms with Gasteiger partial charge in [-0.05, 0) is 47.5 Å². The van der Waals surface area contributed by atoms with Crippen LogP contribution in [0.1, 0.15) is 49.3 Å². The van der Waals surface area contributed by atoms with E-state index in [4.69, 9.17) is 4.98 Å². The van der Waals surface area contributed by atoms with Crippen LogP contribution in [-0.4, -0.2) is 4.98 Å². The summed E-state index contributed by atoms with van der Waals surface area (Å²) in [5, 5.41) is 1.23. The summed E-state index contributed by atoms with van der Waals surface area (Å²) in [5.74, 6) is 0. The van der Waals surface area contributed by atoms with Crippen LogP contribution in [0.5, 0.6) is 0 Å². The topological polar surface area (TPSA) is 12.9 Å². The zero-order valence-electron chi connectivity index (χ0n) is 18.1. The molecule has 1 aromatic heterocycles. The van der Waals surface area contributed by atoms with E-state index in [9.17, 15) is 0 Å². The minimum absolute atomic E-state index is 0. The molecule has 0 fully saturated rings. The molecule has 3 aromatic carbocycles. The van der Waals surface area contributed by atoms with Crippen LogP contribution in [-0.2, 0) is 39.4 Å². The molecule has 31 heavy (non-hydrogen) atoms. The van der Waals surface area contributed by atoms with Crippen molar-refractivity contribution in [3.8, 4) is 22.4 Å². The molecule has 0 amide bonds. The summed E-state index contributed by atoms with van der Waals surface area (Å²) >= 11 is 0. The fourth-order valence-corrected chi connectivity index (χ4v) is 4.71. The van der Waals surface area contributed by atoms with Crippen molar-refractivity contribution in [2.24, 2.45) is 0 Å². The van der Waals surface area contributed by atoms with Crippen LogP contribution in [0.4, 0.5) is 0 Å². The number of benzene rings is 3. The Hall–Kier alpha value is -2.28. The second kappa shape index (κ2) is 9.90. The number of unbranched alkanes of at least 4 members (excludes halogenated alkanes) is 3. The van der Waals surface area contributed by atoms with Crippen molar-refractivity contribution in [2.45, 2.75) is 51.9 Å². The Labute approximate surface area is 199 Å². The van der Waals surface area contributed by atoms with Gasteiger partial charge in [-0.25, -0.2) is 0 Å². The monoisotopic (exact) mass is 583 g/mol. The van der Waals surface area contributed by atoms with Gasteiger partial charge in [0.25, 0.3) is 0 Å². The maximum Gasteiger partial charge on any atom is 0.0595 e. The third-order valence-corrected chi connectivity index (χ3v) is 6.37. The summed E-state index contributed by atoms with van der Waals surface area (Å²) in [6.07, 6.45) is 8.54. The van der Waals surface area contributed by atoms with Crippen molar-refractivity contribution >= 4 is 10.9 Å². The number of nitrogens with zero attached hydrogens (tertiary/aromatic N) is 1. The van der Waals surface area contributed by atoms with Crippen molar-refractivity contribution in [1.82, 2.24) is 4.98 Å². The van der Waals surface area contributed by atoms with Gasteiger partial charge >= 0.3 is 0 Å². The molecule has 2 heteroatoms. The molecular weight excluding hydrogens is 555 g/mol. The summed E-state index contributed by atoms with van der Waals surface area (Å²) in [7, 11) is 0. The molecule has 0 aliphatic heterocycles. The fourth-order valence-electron chi connectivity index (χ4n) is 4.71. The van der Waals surface area contributed by atoms with Crippen LogP contribution < -0.4 is 0 Å². The Bertz CT molecular complexity index is 1180. The van der Waals surface area contributed by atoms with E-state index in [-0.39, 0.29) is 20.1 Å². The summed E-state index contributed by atoms with van der Waals surface area (Å²) < 4.78 is 0. The number of rotatable bonds is 6. The fraction of sp³-hybridized carbons (Fsp3) is 0.276. The molecule has 0 atom stereocenters. The molecular formula is C29H28IrN-. The minimum Gasteiger partial charge on any atom is -0.296 e. The Morgan fingerprint density at radius 3 is 2.58 bits per heavy atom. The first-order valence-corrected chi connectivity index (χ1v) is 11.4. The minimum atomic E-state index is 0. The Morgan fingerprint density at radius 1 is 0.903 bits per heavy atom. The van der Waals surface area contributed by atoms with E-state index in [1.165, 1.54) is 70.9 Å². The first-order valence-electron chi connectivity index (χ1n) is 11.4. The van der Waals surface area contributed by atoms with Gasteiger partial charge < -0.3 is 0 Å². The van der Waals surface area contributed by atoms with Gasteiger partial charge in [0, 0.05) is 20.1 Å². The van der Waals surface area contributed by atoms with Crippen LogP contribution in [0.2, 0.25) is 0 Å². The number of para-hydroxylation sites is 1. The van der Waals surface area contributed by atoms with Gasteiger partial charge in [-0.2, -0.15) is 0 Å². The standard InChI is InChI=1S/C29H28N.Ir/c1-2-3-4-5-9-21-14-16-22(17-15-21)25-11-8-12-27-26(25)19-18-24-20-23-10-6-7-13-28(23)30-29(24)27;/h6-8,10-11,13-17,20H,2-5,9,18-19H2,1H3;/q-1;. The molecule has 0 spiro atoms. The van der Waals surface area contributed by atoms with Crippen LogP contribution in [0.15, 0.2) is 66.7 Å². The van der Waals surface area contributed by atoms with E-state index in [1.807, 2.05) is 0 Å². The molecule has 0 saturated carbocycles. The predicted octanol–water partition coefficient (Wildman–Crippen LogP) is 7.59. The van der Waals surface area contributed by atoms with Crippen LogP contribution >= 0.6 is 0 Å². The zero-order chi connectivity index (χ0) is 20.3. The molecule has 1 nitrogen and oxygen atoms in total. The molecule has 1 heterocycles. The number of aromatic nitrogens is 1. The van der Waals surface area contributed by atoms with Crippen molar-refractivity contribution in [3.05, 3.63) is 89.5 Å². The van der Waals surface area contributed by atoms with Crippen LogP contribution in [0, 0.1) is 6.07 Å². The first kappa shape index (κ1) is 21.9. The molecule has 0 bridgehead atoms. The molecule has 1 aliphatic carbocycles. The van der Waals surface area contributed by atoms with Crippen LogP contribution in [0.3, 0.4) is 0 Å². The second-order valence-corrected chi connectivity index (χ2v) is 8.44. The van der Waals surface area contributed by atoms with Gasteiger partial charge in [0.05, 0.1) is 5.52 Å². The van der Waals surface area contributed by atoms with Gasteiger partial charge in [-0.3, -0.25) is 4.98 Å². The first-order chi connectivity index (χ1) is 14.8. The van der Waals surface area contributed by atoms with E-state index in [1.54, 1.807) is 0 Å². The third-order valence-electron chi connectivity index (χ3n) is 6.37. The average molecular weight is 583 g/mol. The maximum absolute atomic E-state index is 5.02. The number of fused-ring (bicyclic) bond motifs is 4. The smallest absolute Gasteiger partial charge is 0.0595 e. The van der Waals surface area contributed by atoms with Gasteiger partial charge in [0.15, 0.2) is 0 Å². The van der Waals surface area contributed by atoms with Gasteiger partial charge in [-0.15, -0.1) is 29.3 Å². The molecule has 1 aliphatic rings. The normalized spacial score (nSPS) is 12.2. The number of pyridine rings is 1. The largest absolute Gasteiger partial charge is 0.296 e. The summed E-state index contributed by atoms with van der Waals surface area (Å²) in [5.41, 5.74) is 10.2. The van der Waals surface area contributed by atoms with E-state index >= 15 is 0 Å². The Morgan fingerprint density at radius 2 is 1.74 bits per heavy atom. The SMILES string of the molecule is CCCCCCc1ccc(-c2cc[c-]c3c2CCc2cc4ccccc4nc2-3)cc1.[Ir]. The quantitative estimate of drug-likeness (QED) is 0.169. The van der Waals surface area contributed by atoms with E-state index in [0.29, 0.717) is 0 Å². The molecule has 0 N–H and O–H groups in total. The second-order valence-electron chi connectivity index (χ2n) is 8.44. The van der Waals surface area contributed by atoms with Crippen molar-refractivity contribution in [1.29, 1.82) is 0 Å². The zero-order valence-corrected chi connectivity index (χ0v) is 20.5. The predicted molar refractivity (Wildman–Crippen MR) is 127 cm³/mol. The molecule has 1 radical (unpaired) electrons. The van der Waals surface area contributed by atoms with Crippen molar-refractivity contribution < 1.29 is 20.1 Å². The summed E-state index contributed by atoms with van der Waals surface area (Å²) in [6.45, 7) is 2.27. The molecule has 4 aromatic rings. The van der Waals surface area contributed by atoms with Gasteiger partial charge in [0.2, 0.25) is 0 Å². The molecule has 0 saturated heterocycles.